The fourth-order valence-electron chi connectivity index (χ4n) is 0.772. The molecule has 0 aliphatic carbocycles. The molecule has 0 spiro atoms. The van der Waals surface area contributed by atoms with Gasteiger partial charge in [0.05, 0.1) is 0 Å². The van der Waals surface area contributed by atoms with Crippen molar-refractivity contribution in [3.8, 4) is 18.4 Å². The van der Waals surface area contributed by atoms with E-state index >= 15 is 0 Å². The van der Waals surface area contributed by atoms with E-state index < -0.39 is 0 Å². The van der Waals surface area contributed by atoms with E-state index in [-0.39, 0.29) is 0 Å². The van der Waals surface area contributed by atoms with Crippen molar-refractivity contribution in [1.29, 1.82) is 5.26 Å². The van der Waals surface area contributed by atoms with Gasteiger partial charge in [-0.2, -0.15) is 5.26 Å². The van der Waals surface area contributed by atoms with Crippen molar-refractivity contribution >= 4 is 0 Å². The van der Waals surface area contributed by atoms with Gasteiger partial charge >= 0.3 is 0 Å². The summed E-state index contributed by atoms with van der Waals surface area (Å²) in [6.45, 7) is 3.50. The third-order valence-electron chi connectivity index (χ3n) is 1.38. The van der Waals surface area contributed by atoms with Crippen molar-refractivity contribution in [2.75, 3.05) is 7.05 Å². The molecule has 0 aliphatic rings. The lowest BCUT2D eigenvalue weighted by molar-refractivity contribution is 0.0769. The number of hydrogen-bond donors (Lipinski definition) is 2. The van der Waals surface area contributed by atoms with Crippen LogP contribution >= 0.6 is 0 Å². The second-order valence-electron chi connectivity index (χ2n) is 2.52. The Kier molecular flexibility index (Phi) is 5.89. The average molecular weight is 191 g/mol. The van der Waals surface area contributed by atoms with Gasteiger partial charge in [0.25, 0.3) is 0 Å². The maximum Gasteiger partial charge on any atom is 0.123 e. The van der Waals surface area contributed by atoms with Crippen LogP contribution in [0.15, 0.2) is 23.0 Å². The number of nitriles is 1. The molecule has 0 atom stereocenters. The molecule has 0 rings (SSSR count). The third kappa shape index (κ3) is 4.32. The number of hydrogen-bond acceptors (Lipinski definition) is 4. The molecule has 0 saturated heterocycles. The van der Waals surface area contributed by atoms with Crippen molar-refractivity contribution in [2.24, 2.45) is 0 Å². The molecule has 0 aromatic rings. The zero-order valence-corrected chi connectivity index (χ0v) is 8.51. The van der Waals surface area contributed by atoms with Gasteiger partial charge in [-0.15, -0.1) is 6.42 Å². The number of terminal acetylenes is 1. The molecule has 14 heavy (non-hydrogen) atoms. The summed E-state index contributed by atoms with van der Waals surface area (Å²) in [7, 11) is 1.68. The van der Waals surface area contributed by atoms with E-state index in [1.54, 1.807) is 27.0 Å². The van der Waals surface area contributed by atoms with Gasteiger partial charge in [-0.1, -0.05) is 11.5 Å². The predicted molar refractivity (Wildman–Crippen MR) is 54.2 cm³/mol. The maximum absolute atomic E-state index is 8.64. The summed E-state index contributed by atoms with van der Waals surface area (Å²) >= 11 is 0. The molecule has 0 heterocycles. The maximum atomic E-state index is 8.64. The van der Waals surface area contributed by atoms with Crippen LogP contribution in [0.2, 0.25) is 0 Å². The molecule has 0 radical (unpaired) electrons. The molecule has 0 unspecified atom stereocenters. The zero-order valence-electron chi connectivity index (χ0n) is 8.51. The highest BCUT2D eigenvalue weighted by Gasteiger charge is 1.96. The summed E-state index contributed by atoms with van der Waals surface area (Å²) < 4.78 is 0. The largest absolute Gasteiger partial charge is 0.399 e. The summed E-state index contributed by atoms with van der Waals surface area (Å²) in [4.78, 5) is 4.99. The zero-order chi connectivity index (χ0) is 11.0. The van der Waals surface area contributed by atoms with Crippen molar-refractivity contribution in [1.82, 2.24) is 11.0 Å². The standard InChI is InChI=1S/C10H13N3O/c1-5-10(7-11)8(2)6-9(3)14-13-12-4/h1,6,12-13H,2-4H3/b9-6+,10-8+. The fraction of sp³-hybridized carbons (Fsp3) is 0.300. The van der Waals surface area contributed by atoms with Crippen LogP contribution < -0.4 is 11.0 Å². The van der Waals surface area contributed by atoms with E-state index in [4.69, 9.17) is 16.5 Å². The van der Waals surface area contributed by atoms with Crippen molar-refractivity contribution in [3.05, 3.63) is 23.0 Å². The predicted octanol–water partition coefficient (Wildman–Crippen LogP) is 1.02. The van der Waals surface area contributed by atoms with Gasteiger partial charge in [0, 0.05) is 7.05 Å². The molecule has 0 aromatic heterocycles. The summed E-state index contributed by atoms with van der Waals surface area (Å²) in [6.07, 6.45) is 6.81. The monoisotopic (exact) mass is 191 g/mol. The number of allylic oxidation sites excluding steroid dienone is 4. The Labute approximate surface area is 84.2 Å². The van der Waals surface area contributed by atoms with Gasteiger partial charge in [0.1, 0.15) is 17.4 Å². The first-order valence-corrected chi connectivity index (χ1v) is 4.00. The molecular weight excluding hydrogens is 178 g/mol. The van der Waals surface area contributed by atoms with Crippen LogP contribution in [0.1, 0.15) is 13.8 Å². The van der Waals surface area contributed by atoms with Crippen LogP contribution in [-0.2, 0) is 4.84 Å². The normalized spacial score (nSPS) is 12.5. The molecule has 2 N–H and O–H groups in total. The van der Waals surface area contributed by atoms with Crippen LogP contribution in [0.5, 0.6) is 0 Å². The van der Waals surface area contributed by atoms with Crippen LogP contribution in [0.4, 0.5) is 0 Å². The topological polar surface area (TPSA) is 57.1 Å². The Balaban J connectivity index is 4.59. The first-order chi connectivity index (χ1) is 6.65. The highest BCUT2D eigenvalue weighted by atomic mass is 16.7. The fourth-order valence-corrected chi connectivity index (χ4v) is 0.772. The van der Waals surface area contributed by atoms with Gasteiger partial charge in [0.2, 0.25) is 0 Å². The minimum absolute atomic E-state index is 0.303. The molecule has 0 bridgehead atoms. The molecular formula is C10H13N3O. The minimum Gasteiger partial charge on any atom is -0.399 e. The number of hydrazine groups is 1. The molecule has 74 valence electrons. The summed E-state index contributed by atoms with van der Waals surface area (Å²) in [5.41, 5.74) is 6.05. The van der Waals surface area contributed by atoms with Crippen LogP contribution in [0.3, 0.4) is 0 Å². The van der Waals surface area contributed by atoms with E-state index in [1.807, 2.05) is 6.07 Å². The SMILES string of the molecule is C#C/C(C#N)=C(C)\C=C(/C)ONNC. The average Bonchev–Trinajstić information content (AvgIpc) is 2.16. The van der Waals surface area contributed by atoms with Crippen LogP contribution in [0.25, 0.3) is 0 Å². The second kappa shape index (κ2) is 6.73. The number of rotatable bonds is 4. The van der Waals surface area contributed by atoms with E-state index in [1.165, 1.54) is 0 Å². The van der Waals surface area contributed by atoms with Crippen molar-refractivity contribution in [2.45, 2.75) is 13.8 Å². The molecule has 0 saturated carbocycles. The minimum atomic E-state index is 0.303. The lowest BCUT2D eigenvalue weighted by Crippen LogP contribution is -2.26. The number of nitrogens with zero attached hydrogens (tertiary/aromatic N) is 1. The molecule has 4 nitrogen and oxygen atoms in total. The van der Waals surface area contributed by atoms with E-state index in [0.29, 0.717) is 16.9 Å². The lowest BCUT2D eigenvalue weighted by Gasteiger charge is -2.05. The van der Waals surface area contributed by atoms with Crippen molar-refractivity contribution < 1.29 is 4.84 Å². The van der Waals surface area contributed by atoms with Gasteiger partial charge < -0.3 is 4.84 Å². The highest BCUT2D eigenvalue weighted by Crippen LogP contribution is 2.06. The Morgan fingerprint density at radius 1 is 1.50 bits per heavy atom. The van der Waals surface area contributed by atoms with Gasteiger partial charge in [-0.05, 0) is 25.5 Å². The van der Waals surface area contributed by atoms with Crippen LogP contribution in [0, 0.1) is 23.7 Å². The summed E-state index contributed by atoms with van der Waals surface area (Å²) in [5, 5.41) is 8.64. The van der Waals surface area contributed by atoms with E-state index in [0.717, 1.165) is 0 Å². The van der Waals surface area contributed by atoms with Crippen LogP contribution in [-0.4, -0.2) is 7.05 Å². The second-order valence-corrected chi connectivity index (χ2v) is 2.52. The molecule has 0 fully saturated rings. The lowest BCUT2D eigenvalue weighted by atomic mass is 10.1. The summed E-state index contributed by atoms with van der Waals surface area (Å²) in [6, 6.07) is 1.92. The number of nitrogens with one attached hydrogen (secondary N) is 2. The highest BCUT2D eigenvalue weighted by molar-refractivity contribution is 5.46. The molecule has 0 aliphatic heterocycles. The first-order valence-electron chi connectivity index (χ1n) is 4.00. The molecule has 4 heteroatoms. The van der Waals surface area contributed by atoms with E-state index in [9.17, 15) is 0 Å². The molecule has 0 amide bonds. The van der Waals surface area contributed by atoms with Gasteiger partial charge in [-0.25, -0.2) is 5.43 Å². The Morgan fingerprint density at radius 3 is 2.57 bits per heavy atom. The van der Waals surface area contributed by atoms with Gasteiger partial charge in [-0.3, -0.25) is 0 Å². The first kappa shape index (κ1) is 12.2. The Morgan fingerprint density at radius 2 is 2.14 bits per heavy atom. The smallest absolute Gasteiger partial charge is 0.123 e. The molecule has 0 aromatic carbocycles. The third-order valence-corrected chi connectivity index (χ3v) is 1.38. The quantitative estimate of drug-likeness (QED) is 0.229. The summed E-state index contributed by atoms with van der Waals surface area (Å²) in [5.74, 6) is 2.91. The van der Waals surface area contributed by atoms with Gasteiger partial charge in [0.15, 0.2) is 0 Å². The Bertz CT molecular complexity index is 312. The Hall–Kier alpha value is -1.75. The van der Waals surface area contributed by atoms with E-state index in [2.05, 4.69) is 16.9 Å². The van der Waals surface area contributed by atoms with Crippen molar-refractivity contribution in [3.63, 3.8) is 0 Å².